The second-order valence-electron chi connectivity index (χ2n) is 8.69. The maximum absolute atomic E-state index is 13.0. The zero-order valence-electron chi connectivity index (χ0n) is 18.5. The lowest BCUT2D eigenvalue weighted by atomic mass is 9.75. The van der Waals surface area contributed by atoms with Crippen molar-refractivity contribution in [3.63, 3.8) is 0 Å². The Morgan fingerprint density at radius 3 is 2.23 bits per heavy atom. The van der Waals surface area contributed by atoms with Crippen molar-refractivity contribution >= 4 is 28.9 Å². The van der Waals surface area contributed by atoms with Crippen LogP contribution in [-0.2, 0) is 12.8 Å². The van der Waals surface area contributed by atoms with E-state index in [4.69, 9.17) is 9.72 Å². The molecule has 4 rings (SSSR count). The number of hydrogen-bond acceptors (Lipinski definition) is 6. The molecule has 2 N–H and O–H groups in total. The lowest BCUT2D eigenvalue weighted by Crippen LogP contribution is -2.29. The number of nitrogens with zero attached hydrogens (tertiary/aromatic N) is 2. The highest BCUT2D eigenvalue weighted by atomic mass is 16.5. The predicted molar refractivity (Wildman–Crippen MR) is 124 cm³/mol. The number of aryl methyl sites for hydroxylation is 1. The van der Waals surface area contributed by atoms with Crippen LogP contribution in [0, 0.1) is 5.41 Å². The third kappa shape index (κ3) is 4.68. The third-order valence-electron chi connectivity index (χ3n) is 5.52. The summed E-state index contributed by atoms with van der Waals surface area (Å²) >= 11 is 0. The topological polar surface area (TPSA) is 76.1 Å². The van der Waals surface area contributed by atoms with Crippen LogP contribution < -0.4 is 15.4 Å². The second-order valence-corrected chi connectivity index (χ2v) is 8.69. The number of nitrogens with one attached hydrogen (secondary N) is 2. The quantitative estimate of drug-likeness (QED) is 0.538. The predicted octanol–water partition coefficient (Wildman–Crippen LogP) is 5.69. The number of rotatable bonds is 6. The van der Waals surface area contributed by atoms with Crippen molar-refractivity contribution in [3.8, 4) is 5.75 Å². The Bertz CT molecular complexity index is 1090. The number of aromatic nitrogens is 2. The number of Topliss-reactive ketones (excluding diaryl/α,β-unsaturated/α-hetero) is 1. The Balaban J connectivity index is 1.72. The molecule has 0 spiro atoms. The summed E-state index contributed by atoms with van der Waals surface area (Å²) in [5, 5.41) is 6.62. The van der Waals surface area contributed by atoms with Crippen molar-refractivity contribution in [3.05, 3.63) is 65.4 Å². The standard InChI is InChI=1S/C25H28N4O2/c1-5-16-6-8-17(9-7-16)26-23-22-20(14-25(2,3)15-21(22)30)28-24(29-23)27-18-10-12-19(31-4)13-11-18/h6-13H,5,14-15H2,1-4H3,(H2,26,27,28,29). The molecule has 0 saturated heterocycles. The van der Waals surface area contributed by atoms with E-state index in [1.54, 1.807) is 7.11 Å². The highest BCUT2D eigenvalue weighted by molar-refractivity contribution is 6.03. The molecule has 1 aliphatic carbocycles. The van der Waals surface area contributed by atoms with Gasteiger partial charge in [0.15, 0.2) is 5.78 Å². The van der Waals surface area contributed by atoms with Gasteiger partial charge >= 0.3 is 0 Å². The van der Waals surface area contributed by atoms with Crippen molar-refractivity contribution in [2.75, 3.05) is 17.7 Å². The van der Waals surface area contributed by atoms with Gasteiger partial charge in [-0.25, -0.2) is 4.98 Å². The first-order chi connectivity index (χ1) is 14.9. The van der Waals surface area contributed by atoms with Gasteiger partial charge in [0.05, 0.1) is 18.4 Å². The van der Waals surface area contributed by atoms with E-state index in [1.807, 2.05) is 36.4 Å². The first-order valence-corrected chi connectivity index (χ1v) is 10.6. The number of carbonyl (C=O) groups excluding carboxylic acids is 1. The van der Waals surface area contributed by atoms with E-state index in [9.17, 15) is 4.79 Å². The first kappa shape index (κ1) is 20.8. The molecule has 0 saturated carbocycles. The van der Waals surface area contributed by atoms with E-state index >= 15 is 0 Å². The number of carbonyl (C=O) groups is 1. The molecule has 0 unspecified atom stereocenters. The summed E-state index contributed by atoms with van der Waals surface area (Å²) in [7, 11) is 1.64. The van der Waals surface area contributed by atoms with Crippen molar-refractivity contribution in [1.82, 2.24) is 9.97 Å². The highest BCUT2D eigenvalue weighted by Crippen LogP contribution is 2.38. The molecule has 3 aromatic rings. The SMILES string of the molecule is CCc1ccc(Nc2nc(Nc3ccc(OC)cc3)nc3c2C(=O)CC(C)(C)C3)cc1. The van der Waals surface area contributed by atoms with E-state index in [1.165, 1.54) is 5.56 Å². The summed E-state index contributed by atoms with van der Waals surface area (Å²) < 4.78 is 5.22. The van der Waals surface area contributed by atoms with Crippen LogP contribution in [-0.4, -0.2) is 22.9 Å². The third-order valence-corrected chi connectivity index (χ3v) is 5.52. The lowest BCUT2D eigenvalue weighted by molar-refractivity contribution is 0.0911. The molecular weight excluding hydrogens is 388 g/mol. The average Bonchev–Trinajstić information content (AvgIpc) is 2.73. The van der Waals surface area contributed by atoms with E-state index in [0.29, 0.717) is 23.8 Å². The van der Waals surface area contributed by atoms with Crippen LogP contribution in [0.3, 0.4) is 0 Å². The monoisotopic (exact) mass is 416 g/mol. The molecule has 0 amide bonds. The minimum Gasteiger partial charge on any atom is -0.497 e. The number of anilines is 4. The van der Waals surface area contributed by atoms with Gasteiger partial charge in [0.2, 0.25) is 5.95 Å². The van der Waals surface area contributed by atoms with Crippen molar-refractivity contribution in [1.29, 1.82) is 0 Å². The molecule has 6 heteroatoms. The van der Waals surface area contributed by atoms with Crippen molar-refractivity contribution in [2.45, 2.75) is 40.0 Å². The van der Waals surface area contributed by atoms with Crippen molar-refractivity contribution < 1.29 is 9.53 Å². The van der Waals surface area contributed by atoms with Crippen LogP contribution >= 0.6 is 0 Å². The van der Waals surface area contributed by atoms with E-state index < -0.39 is 0 Å². The second kappa shape index (κ2) is 8.38. The molecule has 0 atom stereocenters. The number of hydrogen-bond donors (Lipinski definition) is 2. The van der Waals surface area contributed by atoms with Gasteiger partial charge in [-0.3, -0.25) is 4.79 Å². The molecule has 31 heavy (non-hydrogen) atoms. The normalized spacial score (nSPS) is 14.6. The molecule has 1 aliphatic rings. The molecular formula is C25H28N4O2. The van der Waals surface area contributed by atoms with Gasteiger partial charge in [-0.2, -0.15) is 4.98 Å². The van der Waals surface area contributed by atoms with Gasteiger partial charge in [-0.1, -0.05) is 32.9 Å². The Morgan fingerprint density at radius 1 is 0.935 bits per heavy atom. The zero-order valence-corrected chi connectivity index (χ0v) is 18.5. The molecule has 0 aliphatic heterocycles. The Labute approximate surface area is 183 Å². The van der Waals surface area contributed by atoms with Gasteiger partial charge in [-0.15, -0.1) is 0 Å². The lowest BCUT2D eigenvalue weighted by Gasteiger charge is -2.30. The molecule has 2 aromatic carbocycles. The van der Waals surface area contributed by atoms with E-state index in [2.05, 4.69) is 48.5 Å². The fourth-order valence-corrected chi connectivity index (χ4v) is 3.88. The molecule has 0 fully saturated rings. The summed E-state index contributed by atoms with van der Waals surface area (Å²) in [5.41, 5.74) is 4.25. The minimum absolute atomic E-state index is 0.0786. The van der Waals surface area contributed by atoms with Gasteiger partial charge in [0.1, 0.15) is 11.6 Å². The fourth-order valence-electron chi connectivity index (χ4n) is 3.88. The largest absolute Gasteiger partial charge is 0.497 e. The van der Waals surface area contributed by atoms with Gasteiger partial charge < -0.3 is 15.4 Å². The number of benzene rings is 2. The van der Waals surface area contributed by atoms with Gasteiger partial charge in [0.25, 0.3) is 0 Å². The Hall–Kier alpha value is -3.41. The molecule has 1 aromatic heterocycles. The van der Waals surface area contributed by atoms with Crippen molar-refractivity contribution in [2.24, 2.45) is 5.41 Å². The summed E-state index contributed by atoms with van der Waals surface area (Å²) in [6.07, 6.45) is 2.18. The first-order valence-electron chi connectivity index (χ1n) is 10.6. The summed E-state index contributed by atoms with van der Waals surface area (Å²) in [6, 6.07) is 15.8. The van der Waals surface area contributed by atoms with E-state index in [0.717, 1.165) is 35.7 Å². The number of methoxy groups -OCH3 is 1. The van der Waals surface area contributed by atoms with Crippen LogP contribution in [0.25, 0.3) is 0 Å². The van der Waals surface area contributed by atoms with Crippen LogP contribution in [0.2, 0.25) is 0 Å². The van der Waals surface area contributed by atoms with Gasteiger partial charge in [-0.05, 0) is 60.2 Å². The maximum atomic E-state index is 13.0. The van der Waals surface area contributed by atoms with E-state index in [-0.39, 0.29) is 11.2 Å². The Morgan fingerprint density at radius 2 is 1.58 bits per heavy atom. The van der Waals surface area contributed by atoms with Gasteiger partial charge in [0, 0.05) is 17.8 Å². The van der Waals surface area contributed by atoms with Crippen LogP contribution in [0.5, 0.6) is 5.75 Å². The smallest absolute Gasteiger partial charge is 0.229 e. The number of ether oxygens (including phenoxy) is 1. The fraction of sp³-hybridized carbons (Fsp3) is 0.320. The molecule has 0 radical (unpaired) electrons. The summed E-state index contributed by atoms with van der Waals surface area (Å²) in [6.45, 7) is 6.33. The average molecular weight is 417 g/mol. The summed E-state index contributed by atoms with van der Waals surface area (Å²) in [4.78, 5) is 22.4. The molecule has 1 heterocycles. The minimum atomic E-state index is -0.129. The van der Waals surface area contributed by atoms with Crippen LogP contribution in [0.4, 0.5) is 23.1 Å². The molecule has 6 nitrogen and oxygen atoms in total. The number of fused-ring (bicyclic) bond motifs is 1. The van der Waals surface area contributed by atoms with Crippen LogP contribution in [0.1, 0.15) is 48.8 Å². The number of ketones is 1. The summed E-state index contributed by atoms with van der Waals surface area (Å²) in [5.74, 6) is 1.87. The van der Waals surface area contributed by atoms with Crippen LogP contribution in [0.15, 0.2) is 48.5 Å². The molecule has 0 bridgehead atoms. The highest BCUT2D eigenvalue weighted by Gasteiger charge is 2.35. The molecule has 160 valence electrons. The maximum Gasteiger partial charge on any atom is 0.229 e. The zero-order chi connectivity index (χ0) is 22.0. The Kier molecular flexibility index (Phi) is 5.63.